The van der Waals surface area contributed by atoms with Crippen LogP contribution in [0.2, 0.25) is 0 Å². The molecule has 2 heterocycles. The molecule has 0 aliphatic heterocycles. The number of hydrogen-bond donors (Lipinski definition) is 1. The fourth-order valence-electron chi connectivity index (χ4n) is 1.96. The number of benzene rings is 1. The van der Waals surface area contributed by atoms with Gasteiger partial charge in [0.05, 0.1) is 24.4 Å². The number of nitriles is 1. The molecule has 0 unspecified atom stereocenters. The maximum absolute atomic E-state index is 8.97. The van der Waals surface area contributed by atoms with Crippen LogP contribution >= 0.6 is 0 Å². The molecule has 2 aromatic heterocycles. The third-order valence-electron chi connectivity index (χ3n) is 3.01. The molecule has 104 valence electrons. The van der Waals surface area contributed by atoms with Gasteiger partial charge in [0.1, 0.15) is 17.5 Å². The van der Waals surface area contributed by atoms with Crippen LogP contribution in [0.1, 0.15) is 11.3 Å². The van der Waals surface area contributed by atoms with Crippen LogP contribution in [-0.4, -0.2) is 27.4 Å². The molecule has 0 radical (unpaired) electrons. The van der Waals surface area contributed by atoms with Crippen molar-refractivity contribution >= 4 is 0 Å². The number of hydrogen-bond acceptors (Lipinski definition) is 6. The smallest absolute Gasteiger partial charge is 0.262 e. The summed E-state index contributed by atoms with van der Waals surface area (Å²) in [6.07, 6.45) is 1.47. The number of aromatic nitrogens is 4. The van der Waals surface area contributed by atoms with Crippen molar-refractivity contribution in [1.29, 1.82) is 5.26 Å². The van der Waals surface area contributed by atoms with Gasteiger partial charge in [-0.15, -0.1) is 0 Å². The molecule has 21 heavy (non-hydrogen) atoms. The quantitative estimate of drug-likeness (QED) is 0.790. The molecular weight excluding hydrogens is 270 g/mol. The van der Waals surface area contributed by atoms with Gasteiger partial charge < -0.3 is 9.26 Å². The first-order valence-corrected chi connectivity index (χ1v) is 6.15. The van der Waals surface area contributed by atoms with Crippen molar-refractivity contribution in [3.8, 4) is 34.7 Å². The van der Waals surface area contributed by atoms with Crippen LogP contribution in [0.3, 0.4) is 0 Å². The maximum atomic E-state index is 8.97. The zero-order valence-electron chi connectivity index (χ0n) is 11.4. The summed E-state index contributed by atoms with van der Waals surface area (Å²) in [6.45, 7) is 1.97. The van der Waals surface area contributed by atoms with E-state index in [1.54, 1.807) is 7.11 Å². The summed E-state index contributed by atoms with van der Waals surface area (Å²) in [4.78, 5) is 4.30. The first-order valence-electron chi connectivity index (χ1n) is 6.15. The number of H-pyrrole nitrogens is 1. The molecule has 7 heteroatoms. The Kier molecular flexibility index (Phi) is 3.12. The molecule has 3 rings (SSSR count). The Morgan fingerprint density at radius 2 is 2.19 bits per heavy atom. The third kappa shape index (κ3) is 2.23. The molecule has 0 saturated heterocycles. The van der Waals surface area contributed by atoms with E-state index in [2.05, 4.69) is 20.3 Å². The van der Waals surface area contributed by atoms with Crippen LogP contribution < -0.4 is 4.74 Å². The van der Waals surface area contributed by atoms with Gasteiger partial charge in [-0.2, -0.15) is 15.3 Å². The first-order chi connectivity index (χ1) is 10.2. The lowest BCUT2D eigenvalue weighted by Crippen LogP contribution is -1.90. The maximum Gasteiger partial charge on any atom is 0.262 e. The summed E-state index contributed by atoms with van der Waals surface area (Å²) >= 11 is 0. The normalized spacial score (nSPS) is 10.3. The van der Waals surface area contributed by atoms with E-state index in [1.165, 1.54) is 6.20 Å². The zero-order chi connectivity index (χ0) is 14.8. The Labute approximate surface area is 120 Å². The van der Waals surface area contributed by atoms with Crippen LogP contribution in [-0.2, 0) is 0 Å². The number of aryl methyl sites for hydroxylation is 1. The summed E-state index contributed by atoms with van der Waals surface area (Å²) in [5.74, 6) is 1.29. The molecule has 0 bridgehead atoms. The van der Waals surface area contributed by atoms with E-state index in [0.29, 0.717) is 17.1 Å². The number of nitrogens with one attached hydrogen (secondary N) is 1. The van der Waals surface area contributed by atoms with Gasteiger partial charge in [0.2, 0.25) is 5.82 Å². The Hall–Kier alpha value is -3.14. The number of methoxy groups -OCH3 is 1. The first kappa shape index (κ1) is 12.9. The standard InChI is InChI=1S/C14H11N5O2/c1-8-3-4-9(12(5-8)20-2)13-17-14(21-19-13)10-7-16-18-11(10)6-15/h3-5,7H,1-2H3,(H,16,18). The highest BCUT2D eigenvalue weighted by Gasteiger charge is 2.17. The Morgan fingerprint density at radius 3 is 2.95 bits per heavy atom. The second-order valence-electron chi connectivity index (χ2n) is 4.40. The molecular formula is C14H11N5O2. The molecule has 0 atom stereocenters. The van der Waals surface area contributed by atoms with Crippen LogP contribution in [0.25, 0.3) is 22.8 Å². The lowest BCUT2D eigenvalue weighted by atomic mass is 10.1. The number of rotatable bonds is 3. The second-order valence-corrected chi connectivity index (χ2v) is 4.40. The SMILES string of the molecule is COc1cc(C)ccc1-c1noc(-c2cn[nH]c2C#N)n1. The molecule has 0 amide bonds. The van der Waals surface area contributed by atoms with Gasteiger partial charge in [-0.3, -0.25) is 5.10 Å². The van der Waals surface area contributed by atoms with Crippen molar-refractivity contribution in [2.45, 2.75) is 6.92 Å². The summed E-state index contributed by atoms with van der Waals surface area (Å²) < 4.78 is 10.5. The number of ether oxygens (including phenoxy) is 1. The van der Waals surface area contributed by atoms with Gasteiger partial charge in [-0.05, 0) is 24.6 Å². The Bertz CT molecular complexity index is 828. The highest BCUT2D eigenvalue weighted by atomic mass is 16.5. The van der Waals surface area contributed by atoms with Crippen molar-refractivity contribution in [1.82, 2.24) is 20.3 Å². The van der Waals surface area contributed by atoms with Gasteiger partial charge in [-0.25, -0.2) is 0 Å². The molecule has 0 saturated carbocycles. The topological polar surface area (TPSA) is 101 Å². The summed E-state index contributed by atoms with van der Waals surface area (Å²) in [7, 11) is 1.59. The molecule has 0 aliphatic rings. The molecule has 0 fully saturated rings. The van der Waals surface area contributed by atoms with E-state index in [1.807, 2.05) is 31.2 Å². The second kappa shape index (κ2) is 5.09. The van der Waals surface area contributed by atoms with Crippen molar-refractivity contribution in [3.63, 3.8) is 0 Å². The van der Waals surface area contributed by atoms with E-state index < -0.39 is 0 Å². The van der Waals surface area contributed by atoms with Crippen LogP contribution in [0.15, 0.2) is 28.9 Å². The van der Waals surface area contributed by atoms with Crippen molar-refractivity contribution in [3.05, 3.63) is 35.7 Å². The Balaban J connectivity index is 2.05. The van der Waals surface area contributed by atoms with Gasteiger partial charge >= 0.3 is 0 Å². The van der Waals surface area contributed by atoms with Gasteiger partial charge in [0, 0.05) is 0 Å². The molecule has 0 spiro atoms. The van der Waals surface area contributed by atoms with Gasteiger partial charge in [0.15, 0.2) is 0 Å². The molecule has 3 aromatic rings. The van der Waals surface area contributed by atoms with E-state index in [4.69, 9.17) is 14.5 Å². The summed E-state index contributed by atoms with van der Waals surface area (Å²) in [5.41, 5.74) is 2.55. The minimum atomic E-state index is 0.234. The van der Waals surface area contributed by atoms with Crippen molar-refractivity contribution < 1.29 is 9.26 Å². The average molecular weight is 281 g/mol. The van der Waals surface area contributed by atoms with Crippen LogP contribution in [0.4, 0.5) is 0 Å². The van der Waals surface area contributed by atoms with Crippen LogP contribution in [0.5, 0.6) is 5.75 Å². The van der Waals surface area contributed by atoms with Gasteiger partial charge in [0.25, 0.3) is 5.89 Å². The van der Waals surface area contributed by atoms with Gasteiger partial charge in [-0.1, -0.05) is 11.2 Å². The zero-order valence-corrected chi connectivity index (χ0v) is 11.4. The molecule has 1 aromatic carbocycles. The molecule has 1 N–H and O–H groups in total. The van der Waals surface area contributed by atoms with Crippen molar-refractivity contribution in [2.75, 3.05) is 7.11 Å². The minimum absolute atomic E-state index is 0.234. The summed E-state index contributed by atoms with van der Waals surface area (Å²) in [5, 5.41) is 19.3. The average Bonchev–Trinajstić information content (AvgIpc) is 3.15. The fourth-order valence-corrected chi connectivity index (χ4v) is 1.96. The highest BCUT2D eigenvalue weighted by Crippen LogP contribution is 2.30. The predicted octanol–water partition coefficient (Wildman–Crippen LogP) is 2.32. The largest absolute Gasteiger partial charge is 0.496 e. The summed E-state index contributed by atoms with van der Waals surface area (Å²) in [6, 6.07) is 7.68. The highest BCUT2D eigenvalue weighted by molar-refractivity contribution is 5.67. The predicted molar refractivity (Wildman–Crippen MR) is 73.3 cm³/mol. The Morgan fingerprint density at radius 1 is 1.33 bits per heavy atom. The fraction of sp³-hybridized carbons (Fsp3) is 0.143. The van der Waals surface area contributed by atoms with E-state index >= 15 is 0 Å². The monoisotopic (exact) mass is 281 g/mol. The van der Waals surface area contributed by atoms with E-state index in [-0.39, 0.29) is 11.6 Å². The third-order valence-corrected chi connectivity index (χ3v) is 3.01. The molecule has 0 aliphatic carbocycles. The number of aromatic amines is 1. The lowest BCUT2D eigenvalue weighted by Gasteiger charge is -2.05. The van der Waals surface area contributed by atoms with Crippen LogP contribution in [0, 0.1) is 18.3 Å². The lowest BCUT2D eigenvalue weighted by molar-refractivity contribution is 0.413. The molecule has 7 nitrogen and oxygen atoms in total. The van der Waals surface area contributed by atoms with E-state index in [0.717, 1.165) is 11.1 Å². The van der Waals surface area contributed by atoms with E-state index in [9.17, 15) is 0 Å². The number of nitrogens with zero attached hydrogens (tertiary/aromatic N) is 4. The van der Waals surface area contributed by atoms with Crippen molar-refractivity contribution in [2.24, 2.45) is 0 Å². The minimum Gasteiger partial charge on any atom is -0.496 e.